The third-order valence-electron chi connectivity index (χ3n) is 2.89. The highest BCUT2D eigenvalue weighted by molar-refractivity contribution is 5.82. The van der Waals surface area contributed by atoms with Gasteiger partial charge in [0.15, 0.2) is 0 Å². The molecule has 1 heterocycles. The van der Waals surface area contributed by atoms with Gasteiger partial charge < -0.3 is 15.2 Å². The molecule has 2 atom stereocenters. The minimum Gasteiger partial charge on any atom is -0.490 e. The predicted molar refractivity (Wildman–Crippen MR) is 64.4 cm³/mol. The van der Waals surface area contributed by atoms with E-state index < -0.39 is 12.0 Å². The normalized spacial score (nSPS) is 18.6. The summed E-state index contributed by atoms with van der Waals surface area (Å²) in [6.07, 6.45) is 0.749. The molecular formula is C13H15NO4. The number of carbonyl (C=O) groups excluding carboxylic acids is 1. The number of carbonyl (C=O) groups is 2. The number of hydrogen-bond acceptors (Lipinski definition) is 3. The largest absolute Gasteiger partial charge is 0.490 e. The van der Waals surface area contributed by atoms with Gasteiger partial charge in [0.25, 0.3) is 0 Å². The fourth-order valence-electron chi connectivity index (χ4n) is 2.12. The van der Waals surface area contributed by atoms with Gasteiger partial charge in [-0.15, -0.1) is 0 Å². The van der Waals surface area contributed by atoms with Gasteiger partial charge in [-0.05, 0) is 11.6 Å². The Morgan fingerprint density at radius 1 is 1.50 bits per heavy atom. The number of fused-ring (bicyclic) bond motifs is 1. The lowest BCUT2D eigenvalue weighted by Gasteiger charge is -2.17. The molecule has 18 heavy (non-hydrogen) atoms. The van der Waals surface area contributed by atoms with Crippen molar-refractivity contribution in [1.82, 2.24) is 5.32 Å². The van der Waals surface area contributed by atoms with Crippen LogP contribution in [0, 0.1) is 0 Å². The molecule has 0 saturated carbocycles. The van der Waals surface area contributed by atoms with E-state index in [0.29, 0.717) is 6.42 Å². The zero-order chi connectivity index (χ0) is 13.1. The van der Waals surface area contributed by atoms with Crippen LogP contribution in [0.3, 0.4) is 0 Å². The molecule has 2 unspecified atom stereocenters. The Hall–Kier alpha value is -2.04. The van der Waals surface area contributed by atoms with Crippen molar-refractivity contribution in [3.8, 4) is 5.75 Å². The van der Waals surface area contributed by atoms with Crippen molar-refractivity contribution >= 4 is 11.9 Å². The van der Waals surface area contributed by atoms with Gasteiger partial charge in [-0.2, -0.15) is 0 Å². The number of carboxylic acids is 1. The van der Waals surface area contributed by atoms with Gasteiger partial charge in [0, 0.05) is 19.8 Å². The SMILES string of the molecule is CC(=O)NC(CC1Cc2ccccc2O1)C(=O)O. The maximum atomic E-state index is 11.0. The van der Waals surface area contributed by atoms with E-state index in [4.69, 9.17) is 9.84 Å². The molecule has 0 radical (unpaired) electrons. The summed E-state index contributed by atoms with van der Waals surface area (Å²) in [6.45, 7) is 1.31. The standard InChI is InChI=1S/C13H15NO4/c1-8(15)14-11(13(16)17)7-10-6-9-4-2-3-5-12(9)18-10/h2-5,10-11H,6-7H2,1H3,(H,14,15)(H,16,17). The van der Waals surface area contributed by atoms with E-state index in [1.165, 1.54) is 6.92 Å². The minimum absolute atomic E-state index is 0.199. The average Bonchev–Trinajstić information content (AvgIpc) is 2.69. The molecule has 1 aliphatic heterocycles. The molecule has 1 aliphatic rings. The lowest BCUT2D eigenvalue weighted by Crippen LogP contribution is -2.42. The molecule has 0 bridgehead atoms. The Morgan fingerprint density at radius 3 is 2.83 bits per heavy atom. The van der Waals surface area contributed by atoms with Crippen molar-refractivity contribution in [3.05, 3.63) is 29.8 Å². The van der Waals surface area contributed by atoms with Gasteiger partial charge in [-0.25, -0.2) is 4.79 Å². The second-order valence-electron chi connectivity index (χ2n) is 4.38. The fourth-order valence-corrected chi connectivity index (χ4v) is 2.12. The summed E-state index contributed by atoms with van der Waals surface area (Å²) in [5.41, 5.74) is 1.08. The lowest BCUT2D eigenvalue weighted by atomic mass is 10.0. The number of benzene rings is 1. The van der Waals surface area contributed by atoms with Gasteiger partial charge in [-0.3, -0.25) is 4.79 Å². The first-order chi connectivity index (χ1) is 8.56. The van der Waals surface area contributed by atoms with Crippen LogP contribution in [0.15, 0.2) is 24.3 Å². The van der Waals surface area contributed by atoms with E-state index in [0.717, 1.165) is 11.3 Å². The first-order valence-corrected chi connectivity index (χ1v) is 5.80. The van der Waals surface area contributed by atoms with Crippen LogP contribution in [-0.2, 0) is 16.0 Å². The molecule has 2 rings (SSSR count). The number of nitrogens with one attached hydrogen (secondary N) is 1. The van der Waals surface area contributed by atoms with Crippen molar-refractivity contribution in [1.29, 1.82) is 0 Å². The molecule has 1 aromatic rings. The number of carboxylic acid groups (broad SMARTS) is 1. The lowest BCUT2D eigenvalue weighted by molar-refractivity contribution is -0.142. The number of hydrogen-bond donors (Lipinski definition) is 2. The fraction of sp³-hybridized carbons (Fsp3) is 0.385. The third kappa shape index (κ3) is 2.80. The maximum Gasteiger partial charge on any atom is 0.326 e. The van der Waals surface area contributed by atoms with Crippen LogP contribution in [0.5, 0.6) is 5.75 Å². The number of aliphatic carboxylic acids is 1. The summed E-state index contributed by atoms with van der Waals surface area (Å²) >= 11 is 0. The van der Waals surface area contributed by atoms with Crippen molar-refractivity contribution in [2.24, 2.45) is 0 Å². The van der Waals surface area contributed by atoms with Crippen molar-refractivity contribution in [3.63, 3.8) is 0 Å². The van der Waals surface area contributed by atoms with Crippen molar-refractivity contribution in [2.45, 2.75) is 31.9 Å². The average molecular weight is 249 g/mol. The molecule has 5 nitrogen and oxygen atoms in total. The smallest absolute Gasteiger partial charge is 0.326 e. The monoisotopic (exact) mass is 249 g/mol. The second-order valence-corrected chi connectivity index (χ2v) is 4.38. The van der Waals surface area contributed by atoms with Crippen molar-refractivity contribution < 1.29 is 19.4 Å². The molecule has 0 spiro atoms. The summed E-state index contributed by atoms with van der Waals surface area (Å²) < 4.78 is 5.65. The molecule has 0 aromatic heterocycles. The van der Waals surface area contributed by atoms with Gasteiger partial charge in [0.1, 0.15) is 17.9 Å². The number of para-hydroxylation sites is 1. The molecule has 0 aliphatic carbocycles. The maximum absolute atomic E-state index is 11.0. The Labute approximate surface area is 105 Å². The molecule has 5 heteroatoms. The van der Waals surface area contributed by atoms with E-state index in [1.807, 2.05) is 24.3 Å². The molecule has 1 aromatic carbocycles. The highest BCUT2D eigenvalue weighted by Gasteiger charge is 2.29. The minimum atomic E-state index is -1.04. The molecule has 96 valence electrons. The summed E-state index contributed by atoms with van der Waals surface area (Å²) in [5, 5.41) is 11.4. The first-order valence-electron chi connectivity index (χ1n) is 5.80. The molecular weight excluding hydrogens is 234 g/mol. The van der Waals surface area contributed by atoms with Crippen LogP contribution in [0.25, 0.3) is 0 Å². The summed E-state index contributed by atoms with van der Waals surface area (Å²) in [7, 11) is 0. The van der Waals surface area contributed by atoms with Gasteiger partial charge >= 0.3 is 5.97 Å². The quantitative estimate of drug-likeness (QED) is 0.833. The van der Waals surface area contributed by atoms with Crippen LogP contribution in [0.1, 0.15) is 18.9 Å². The van der Waals surface area contributed by atoms with E-state index >= 15 is 0 Å². The van der Waals surface area contributed by atoms with Crippen LogP contribution in [0.2, 0.25) is 0 Å². The Kier molecular flexibility index (Phi) is 3.50. The van der Waals surface area contributed by atoms with Gasteiger partial charge in [0.05, 0.1) is 0 Å². The number of amides is 1. The van der Waals surface area contributed by atoms with Crippen LogP contribution < -0.4 is 10.1 Å². The summed E-state index contributed by atoms with van der Waals surface area (Å²) in [4.78, 5) is 22.0. The van der Waals surface area contributed by atoms with Crippen LogP contribution in [-0.4, -0.2) is 29.1 Å². The topological polar surface area (TPSA) is 75.6 Å². The van der Waals surface area contributed by atoms with E-state index in [2.05, 4.69) is 5.32 Å². The van der Waals surface area contributed by atoms with Crippen LogP contribution in [0.4, 0.5) is 0 Å². The molecule has 2 N–H and O–H groups in total. The molecule has 0 fully saturated rings. The summed E-state index contributed by atoms with van der Waals surface area (Å²) in [5.74, 6) is -0.586. The number of ether oxygens (including phenoxy) is 1. The number of rotatable bonds is 4. The Balaban J connectivity index is 1.99. The Bertz CT molecular complexity index is 447. The van der Waals surface area contributed by atoms with Gasteiger partial charge in [-0.1, -0.05) is 18.2 Å². The van der Waals surface area contributed by atoms with Gasteiger partial charge in [0.2, 0.25) is 5.91 Å². The molecule has 1 amide bonds. The zero-order valence-electron chi connectivity index (χ0n) is 10.1. The van der Waals surface area contributed by atoms with Crippen molar-refractivity contribution in [2.75, 3.05) is 0 Å². The van der Waals surface area contributed by atoms with E-state index in [-0.39, 0.29) is 18.4 Å². The van der Waals surface area contributed by atoms with E-state index in [1.54, 1.807) is 0 Å². The van der Waals surface area contributed by atoms with E-state index in [9.17, 15) is 9.59 Å². The summed E-state index contributed by atoms with van der Waals surface area (Å²) in [6, 6.07) is 6.73. The third-order valence-corrected chi connectivity index (χ3v) is 2.89. The predicted octanol–water partition coefficient (Wildman–Crippen LogP) is 0.969. The Morgan fingerprint density at radius 2 is 2.22 bits per heavy atom. The second kappa shape index (κ2) is 5.08. The zero-order valence-corrected chi connectivity index (χ0v) is 10.1. The highest BCUT2D eigenvalue weighted by atomic mass is 16.5. The van der Waals surface area contributed by atoms with Crippen LogP contribution >= 0.6 is 0 Å². The first kappa shape index (κ1) is 12.4. The highest BCUT2D eigenvalue weighted by Crippen LogP contribution is 2.29. The molecule has 0 saturated heterocycles.